The van der Waals surface area contributed by atoms with Gasteiger partial charge in [0.15, 0.2) is 11.6 Å². The minimum atomic E-state index is -1.63. The van der Waals surface area contributed by atoms with E-state index >= 15 is 0 Å². The van der Waals surface area contributed by atoms with Crippen LogP contribution in [0.1, 0.15) is 46.0 Å². The lowest BCUT2D eigenvalue weighted by molar-refractivity contribution is 0.0554. The number of Topliss-reactive ketones (excluding diaryl/α,β-unsaturated/α-hetero) is 2. The molecule has 22 heavy (non-hydrogen) atoms. The van der Waals surface area contributed by atoms with Gasteiger partial charge in [-0.15, -0.1) is 0 Å². The van der Waals surface area contributed by atoms with Crippen LogP contribution in [0.2, 0.25) is 0 Å². The Morgan fingerprint density at radius 3 is 2.18 bits per heavy atom. The fourth-order valence-corrected chi connectivity index (χ4v) is 2.18. The fourth-order valence-electron chi connectivity index (χ4n) is 2.18. The minimum Gasteiger partial charge on any atom is -0.393 e. The summed E-state index contributed by atoms with van der Waals surface area (Å²) in [4.78, 5) is 24.4. The smallest absolute Gasteiger partial charge is 0.194 e. The standard InChI is InChI=1S/C16H22O6/c1-2-3-5-10-6-4-7-11(15(21)12(19)8-17)14(10)16(22)13(20)9-18/h4,6-7,12-13,17-20H,2-3,5,8-9H2,1H3. The Balaban J connectivity index is 3.36. The largest absolute Gasteiger partial charge is 0.393 e. The number of benzene rings is 1. The van der Waals surface area contributed by atoms with E-state index in [0.29, 0.717) is 12.0 Å². The maximum absolute atomic E-state index is 12.3. The summed E-state index contributed by atoms with van der Waals surface area (Å²) < 4.78 is 0. The Kier molecular flexibility index (Phi) is 7.34. The van der Waals surface area contributed by atoms with Crippen LogP contribution in [0.5, 0.6) is 0 Å². The van der Waals surface area contributed by atoms with Gasteiger partial charge in [-0.25, -0.2) is 0 Å². The highest BCUT2D eigenvalue weighted by molar-refractivity contribution is 6.12. The number of unbranched alkanes of at least 4 members (excludes halogenated alkanes) is 1. The normalized spacial score (nSPS) is 13.7. The molecule has 6 heteroatoms. The molecule has 2 unspecified atom stereocenters. The monoisotopic (exact) mass is 310 g/mol. The molecule has 0 heterocycles. The lowest BCUT2D eigenvalue weighted by Crippen LogP contribution is -2.31. The fraction of sp³-hybridized carbons (Fsp3) is 0.500. The number of carbonyl (C=O) groups is 2. The third-order valence-corrected chi connectivity index (χ3v) is 3.41. The van der Waals surface area contributed by atoms with Crippen molar-refractivity contribution in [2.45, 2.75) is 38.4 Å². The molecule has 0 aliphatic carbocycles. The van der Waals surface area contributed by atoms with Crippen molar-refractivity contribution in [2.75, 3.05) is 13.2 Å². The van der Waals surface area contributed by atoms with Gasteiger partial charge in [0.25, 0.3) is 0 Å². The van der Waals surface area contributed by atoms with Crippen molar-refractivity contribution in [3.63, 3.8) is 0 Å². The lowest BCUT2D eigenvalue weighted by atomic mass is 9.89. The number of hydrogen-bond donors (Lipinski definition) is 4. The lowest BCUT2D eigenvalue weighted by Gasteiger charge is -2.16. The molecule has 0 saturated heterocycles. The topological polar surface area (TPSA) is 115 Å². The van der Waals surface area contributed by atoms with E-state index in [9.17, 15) is 19.8 Å². The molecule has 0 fully saturated rings. The zero-order chi connectivity index (χ0) is 16.7. The zero-order valence-electron chi connectivity index (χ0n) is 12.5. The van der Waals surface area contributed by atoms with Gasteiger partial charge in [-0.05, 0) is 18.4 Å². The van der Waals surface area contributed by atoms with Gasteiger partial charge in [0, 0.05) is 11.1 Å². The summed E-state index contributed by atoms with van der Waals surface area (Å²) in [6.45, 7) is 0.472. The number of hydrogen-bond acceptors (Lipinski definition) is 6. The van der Waals surface area contributed by atoms with Gasteiger partial charge in [-0.3, -0.25) is 9.59 Å². The van der Waals surface area contributed by atoms with Gasteiger partial charge >= 0.3 is 0 Å². The van der Waals surface area contributed by atoms with Crippen LogP contribution in [-0.2, 0) is 6.42 Å². The Morgan fingerprint density at radius 2 is 1.64 bits per heavy atom. The second-order valence-electron chi connectivity index (χ2n) is 5.07. The molecule has 6 nitrogen and oxygen atoms in total. The Bertz CT molecular complexity index is 525. The van der Waals surface area contributed by atoms with E-state index in [-0.39, 0.29) is 11.1 Å². The molecule has 1 rings (SSSR count). The summed E-state index contributed by atoms with van der Waals surface area (Å²) in [7, 11) is 0. The molecule has 0 radical (unpaired) electrons. The van der Waals surface area contributed by atoms with Crippen LogP contribution in [0.4, 0.5) is 0 Å². The summed E-state index contributed by atoms with van der Waals surface area (Å²) in [6, 6.07) is 4.63. The highest BCUT2D eigenvalue weighted by Gasteiger charge is 2.27. The van der Waals surface area contributed by atoms with E-state index in [1.807, 2.05) is 6.92 Å². The van der Waals surface area contributed by atoms with Crippen molar-refractivity contribution < 1.29 is 30.0 Å². The molecule has 0 aliphatic heterocycles. The van der Waals surface area contributed by atoms with E-state index in [1.165, 1.54) is 6.07 Å². The number of aliphatic hydroxyl groups is 4. The van der Waals surface area contributed by atoms with E-state index in [2.05, 4.69) is 0 Å². The highest BCUT2D eigenvalue weighted by Crippen LogP contribution is 2.21. The minimum absolute atomic E-state index is 0.00926. The van der Waals surface area contributed by atoms with Gasteiger partial charge in [0.05, 0.1) is 13.2 Å². The molecule has 0 aromatic heterocycles. The predicted octanol–water partition coefficient (Wildman–Crippen LogP) is 0.101. The first-order chi connectivity index (χ1) is 10.5. The number of rotatable bonds is 9. The van der Waals surface area contributed by atoms with E-state index in [1.54, 1.807) is 12.1 Å². The average Bonchev–Trinajstić information content (AvgIpc) is 2.56. The van der Waals surface area contributed by atoms with Gasteiger partial charge < -0.3 is 20.4 Å². The first kappa shape index (κ1) is 18.4. The molecule has 0 spiro atoms. The Labute approximate surface area is 129 Å². The van der Waals surface area contributed by atoms with Crippen LogP contribution in [0.25, 0.3) is 0 Å². The van der Waals surface area contributed by atoms with Crippen molar-refractivity contribution in [3.8, 4) is 0 Å². The first-order valence-corrected chi connectivity index (χ1v) is 7.26. The maximum Gasteiger partial charge on any atom is 0.194 e. The predicted molar refractivity (Wildman–Crippen MR) is 79.9 cm³/mol. The van der Waals surface area contributed by atoms with Crippen LogP contribution in [0, 0.1) is 0 Å². The van der Waals surface area contributed by atoms with Crippen LogP contribution in [0.3, 0.4) is 0 Å². The van der Waals surface area contributed by atoms with E-state index in [0.717, 1.165) is 12.8 Å². The Hall–Kier alpha value is -1.60. The van der Waals surface area contributed by atoms with Crippen LogP contribution in [-0.4, -0.2) is 57.4 Å². The quantitative estimate of drug-likeness (QED) is 0.481. The third kappa shape index (κ3) is 4.20. The molecule has 1 aromatic rings. The van der Waals surface area contributed by atoms with Crippen molar-refractivity contribution >= 4 is 11.6 Å². The molecular formula is C16H22O6. The summed E-state index contributed by atoms with van der Waals surface area (Å²) in [5.74, 6) is -1.54. The molecule has 0 amide bonds. The number of aliphatic hydroxyl groups excluding tert-OH is 4. The molecular weight excluding hydrogens is 288 g/mol. The SMILES string of the molecule is CCCCc1cccc(C(=O)C(O)CO)c1C(=O)C(O)CO. The average molecular weight is 310 g/mol. The highest BCUT2D eigenvalue weighted by atomic mass is 16.3. The first-order valence-electron chi connectivity index (χ1n) is 7.26. The Morgan fingerprint density at radius 1 is 1.05 bits per heavy atom. The molecule has 2 atom stereocenters. The summed E-state index contributed by atoms with van der Waals surface area (Å²) in [5, 5.41) is 37.0. The molecule has 0 bridgehead atoms. The van der Waals surface area contributed by atoms with Crippen molar-refractivity contribution in [1.82, 2.24) is 0 Å². The summed E-state index contributed by atoms with van der Waals surface area (Å²) >= 11 is 0. The summed E-state index contributed by atoms with van der Waals surface area (Å²) in [6.07, 6.45) is -1.05. The van der Waals surface area contributed by atoms with Crippen molar-refractivity contribution in [1.29, 1.82) is 0 Å². The maximum atomic E-state index is 12.3. The van der Waals surface area contributed by atoms with Gasteiger partial charge in [0.1, 0.15) is 12.2 Å². The third-order valence-electron chi connectivity index (χ3n) is 3.41. The van der Waals surface area contributed by atoms with Gasteiger partial charge in [0.2, 0.25) is 0 Å². The van der Waals surface area contributed by atoms with Crippen LogP contribution >= 0.6 is 0 Å². The molecule has 0 aliphatic rings. The van der Waals surface area contributed by atoms with Crippen molar-refractivity contribution in [3.05, 3.63) is 34.9 Å². The second kappa shape index (κ2) is 8.75. The van der Waals surface area contributed by atoms with E-state index < -0.39 is 37.0 Å². The number of carbonyl (C=O) groups excluding carboxylic acids is 2. The molecule has 4 N–H and O–H groups in total. The zero-order valence-corrected chi connectivity index (χ0v) is 12.5. The second-order valence-corrected chi connectivity index (χ2v) is 5.07. The van der Waals surface area contributed by atoms with Crippen molar-refractivity contribution in [2.24, 2.45) is 0 Å². The summed E-state index contributed by atoms with van der Waals surface area (Å²) in [5.41, 5.74) is 0.540. The van der Waals surface area contributed by atoms with Gasteiger partial charge in [-0.2, -0.15) is 0 Å². The number of ketones is 2. The van der Waals surface area contributed by atoms with Crippen LogP contribution < -0.4 is 0 Å². The number of aryl methyl sites for hydroxylation is 1. The van der Waals surface area contributed by atoms with Crippen LogP contribution in [0.15, 0.2) is 18.2 Å². The molecule has 122 valence electrons. The van der Waals surface area contributed by atoms with Gasteiger partial charge in [-0.1, -0.05) is 31.5 Å². The molecule has 0 saturated carbocycles. The molecule has 1 aromatic carbocycles. The van der Waals surface area contributed by atoms with E-state index in [4.69, 9.17) is 10.2 Å².